The summed E-state index contributed by atoms with van der Waals surface area (Å²) in [6.07, 6.45) is 3.49. The van der Waals surface area contributed by atoms with Gasteiger partial charge in [0.2, 0.25) is 0 Å². The first-order chi connectivity index (χ1) is 11.7. The van der Waals surface area contributed by atoms with Crippen molar-refractivity contribution in [2.45, 2.75) is 19.1 Å². The summed E-state index contributed by atoms with van der Waals surface area (Å²) in [4.78, 5) is 25.7. The van der Waals surface area contributed by atoms with Gasteiger partial charge in [-0.3, -0.25) is 9.78 Å². The zero-order chi connectivity index (χ0) is 16.5. The second-order valence-electron chi connectivity index (χ2n) is 6.24. The van der Waals surface area contributed by atoms with Crippen LogP contribution in [0.1, 0.15) is 16.1 Å². The van der Waals surface area contributed by atoms with Crippen molar-refractivity contribution in [2.75, 3.05) is 31.1 Å². The number of carbonyl (C=O) groups is 1. The molecule has 0 bridgehead atoms. The van der Waals surface area contributed by atoms with Gasteiger partial charge in [0.15, 0.2) is 0 Å². The van der Waals surface area contributed by atoms with Crippen molar-refractivity contribution in [3.05, 3.63) is 54.0 Å². The topological polar surface area (TPSA) is 58.6 Å². The quantitative estimate of drug-likeness (QED) is 0.838. The Morgan fingerprint density at radius 1 is 1.17 bits per heavy atom. The van der Waals surface area contributed by atoms with Gasteiger partial charge in [0, 0.05) is 32.0 Å². The molecule has 2 aromatic heterocycles. The molecule has 6 nitrogen and oxygen atoms in total. The third-order valence-corrected chi connectivity index (χ3v) is 4.74. The minimum atomic E-state index is -0.0212. The summed E-state index contributed by atoms with van der Waals surface area (Å²) in [6, 6.07) is 9.82. The van der Waals surface area contributed by atoms with E-state index >= 15 is 0 Å². The molecular weight excluding hydrogens is 304 g/mol. The van der Waals surface area contributed by atoms with Crippen LogP contribution in [0.5, 0.6) is 0 Å². The molecule has 0 unspecified atom stereocenters. The highest BCUT2D eigenvalue weighted by atomic mass is 16.5. The fourth-order valence-corrected chi connectivity index (χ4v) is 3.52. The van der Waals surface area contributed by atoms with E-state index in [2.05, 4.69) is 14.9 Å². The highest BCUT2D eigenvalue weighted by Crippen LogP contribution is 2.27. The van der Waals surface area contributed by atoms with Crippen molar-refractivity contribution in [3.8, 4) is 0 Å². The van der Waals surface area contributed by atoms with Crippen molar-refractivity contribution in [1.82, 2.24) is 14.9 Å². The van der Waals surface area contributed by atoms with Gasteiger partial charge >= 0.3 is 0 Å². The number of rotatable bonds is 2. The van der Waals surface area contributed by atoms with Gasteiger partial charge in [0.25, 0.3) is 5.91 Å². The first kappa shape index (κ1) is 15.1. The van der Waals surface area contributed by atoms with Gasteiger partial charge in [-0.2, -0.15) is 0 Å². The number of aromatic nitrogens is 2. The van der Waals surface area contributed by atoms with Crippen LogP contribution in [-0.2, 0) is 4.74 Å². The van der Waals surface area contributed by atoms with E-state index in [1.165, 1.54) is 0 Å². The van der Waals surface area contributed by atoms with Gasteiger partial charge < -0.3 is 14.5 Å². The number of likely N-dealkylation sites (tertiary alicyclic amines) is 1. The lowest BCUT2D eigenvalue weighted by atomic mass is 10.1. The maximum atomic E-state index is 12.8. The Morgan fingerprint density at radius 3 is 2.83 bits per heavy atom. The van der Waals surface area contributed by atoms with E-state index in [1.807, 2.05) is 42.2 Å². The van der Waals surface area contributed by atoms with E-state index in [0.717, 1.165) is 17.9 Å². The highest BCUT2D eigenvalue weighted by molar-refractivity contribution is 5.94. The van der Waals surface area contributed by atoms with E-state index in [-0.39, 0.29) is 18.1 Å². The number of pyridine rings is 2. The summed E-state index contributed by atoms with van der Waals surface area (Å²) in [5, 5.41) is 0. The summed E-state index contributed by atoms with van der Waals surface area (Å²) in [5.74, 6) is 0.922. The fraction of sp³-hybridized carbons (Fsp3) is 0.389. The molecule has 124 valence electrons. The molecular formula is C18H20N4O2. The van der Waals surface area contributed by atoms with E-state index in [9.17, 15) is 4.79 Å². The van der Waals surface area contributed by atoms with Crippen molar-refractivity contribution >= 4 is 11.7 Å². The maximum absolute atomic E-state index is 12.8. The minimum Gasteiger partial charge on any atom is -0.372 e. The average molecular weight is 324 g/mol. The number of morpholine rings is 1. The number of amides is 1. The Hall–Kier alpha value is -2.47. The average Bonchev–Trinajstić information content (AvgIpc) is 3.06. The molecule has 1 amide bonds. The second kappa shape index (κ2) is 6.20. The van der Waals surface area contributed by atoms with E-state index in [1.54, 1.807) is 12.4 Å². The summed E-state index contributed by atoms with van der Waals surface area (Å²) < 4.78 is 5.92. The lowest BCUT2D eigenvalue weighted by Crippen LogP contribution is -2.51. The Balaban J connectivity index is 1.56. The van der Waals surface area contributed by atoms with E-state index in [0.29, 0.717) is 25.4 Å². The normalized spacial score (nSPS) is 23.2. The number of ether oxygens (including phenoxy) is 1. The Kier molecular flexibility index (Phi) is 3.90. The predicted octanol–water partition coefficient (Wildman–Crippen LogP) is 1.51. The molecule has 2 atom stereocenters. The molecule has 4 rings (SSSR count). The molecule has 2 aliphatic rings. The van der Waals surface area contributed by atoms with Crippen LogP contribution in [0.2, 0.25) is 0 Å². The van der Waals surface area contributed by atoms with Crippen LogP contribution >= 0.6 is 0 Å². The largest absolute Gasteiger partial charge is 0.372 e. The SMILES string of the molecule is Cc1cccnc1C(=O)N1C[C@@H]2OCCN(c3ccccn3)[C@H]2C1. The zero-order valence-electron chi connectivity index (χ0n) is 13.6. The molecule has 0 N–H and O–H groups in total. The molecule has 0 radical (unpaired) electrons. The smallest absolute Gasteiger partial charge is 0.272 e. The van der Waals surface area contributed by atoms with Gasteiger partial charge in [0.05, 0.1) is 18.8 Å². The van der Waals surface area contributed by atoms with E-state index < -0.39 is 0 Å². The van der Waals surface area contributed by atoms with Crippen molar-refractivity contribution in [2.24, 2.45) is 0 Å². The molecule has 2 saturated heterocycles. The van der Waals surface area contributed by atoms with Crippen LogP contribution in [0.3, 0.4) is 0 Å². The number of fused-ring (bicyclic) bond motifs is 1. The lowest BCUT2D eigenvalue weighted by Gasteiger charge is -2.37. The molecule has 0 saturated carbocycles. The minimum absolute atomic E-state index is 0.0212. The summed E-state index contributed by atoms with van der Waals surface area (Å²) in [5.41, 5.74) is 1.43. The van der Waals surface area contributed by atoms with Gasteiger partial charge in [-0.05, 0) is 30.7 Å². The van der Waals surface area contributed by atoms with Crippen LogP contribution in [0.15, 0.2) is 42.7 Å². The Labute approximate surface area is 141 Å². The van der Waals surface area contributed by atoms with Gasteiger partial charge in [-0.1, -0.05) is 12.1 Å². The Morgan fingerprint density at radius 2 is 2.04 bits per heavy atom. The van der Waals surface area contributed by atoms with Crippen molar-refractivity contribution in [1.29, 1.82) is 0 Å². The molecule has 0 aromatic carbocycles. The number of hydrogen-bond donors (Lipinski definition) is 0. The molecule has 0 spiro atoms. The van der Waals surface area contributed by atoms with Crippen molar-refractivity contribution < 1.29 is 9.53 Å². The number of nitrogens with zero attached hydrogens (tertiary/aromatic N) is 4. The summed E-state index contributed by atoms with van der Waals surface area (Å²) in [7, 11) is 0. The van der Waals surface area contributed by atoms with Gasteiger partial charge in [0.1, 0.15) is 11.5 Å². The highest BCUT2D eigenvalue weighted by Gasteiger charge is 2.42. The molecule has 6 heteroatoms. The Bertz CT molecular complexity index is 737. The monoisotopic (exact) mass is 324 g/mol. The lowest BCUT2D eigenvalue weighted by molar-refractivity contribution is 0.0299. The summed E-state index contributed by atoms with van der Waals surface area (Å²) in [6.45, 7) is 4.60. The number of aryl methyl sites for hydroxylation is 1. The number of anilines is 1. The fourth-order valence-electron chi connectivity index (χ4n) is 3.52. The van der Waals surface area contributed by atoms with Crippen LogP contribution in [0.25, 0.3) is 0 Å². The van der Waals surface area contributed by atoms with Crippen LogP contribution in [0, 0.1) is 6.92 Å². The predicted molar refractivity (Wildman–Crippen MR) is 90.0 cm³/mol. The van der Waals surface area contributed by atoms with Crippen LogP contribution in [0.4, 0.5) is 5.82 Å². The van der Waals surface area contributed by atoms with Gasteiger partial charge in [-0.25, -0.2) is 4.98 Å². The molecule has 2 fully saturated rings. The maximum Gasteiger partial charge on any atom is 0.272 e. The molecule has 4 heterocycles. The first-order valence-electron chi connectivity index (χ1n) is 8.24. The third-order valence-electron chi connectivity index (χ3n) is 4.74. The molecule has 2 aromatic rings. The zero-order valence-corrected chi connectivity index (χ0v) is 13.6. The number of hydrogen-bond acceptors (Lipinski definition) is 5. The van der Waals surface area contributed by atoms with Crippen LogP contribution in [-0.4, -0.2) is 59.2 Å². The number of carbonyl (C=O) groups excluding carboxylic acids is 1. The van der Waals surface area contributed by atoms with Crippen molar-refractivity contribution in [3.63, 3.8) is 0 Å². The molecule has 24 heavy (non-hydrogen) atoms. The molecule has 2 aliphatic heterocycles. The van der Waals surface area contributed by atoms with E-state index in [4.69, 9.17) is 4.74 Å². The third kappa shape index (κ3) is 2.63. The molecule has 0 aliphatic carbocycles. The standard InChI is InChI=1S/C18H20N4O2/c1-13-5-4-8-20-17(13)18(23)21-11-14-15(12-21)24-10-9-22(14)16-6-2-3-7-19-16/h2-8,14-15H,9-12H2,1H3/t14-,15-/m0/s1. The second-order valence-corrected chi connectivity index (χ2v) is 6.24. The summed E-state index contributed by atoms with van der Waals surface area (Å²) >= 11 is 0. The van der Waals surface area contributed by atoms with Gasteiger partial charge in [-0.15, -0.1) is 0 Å². The van der Waals surface area contributed by atoms with Crippen LogP contribution < -0.4 is 4.90 Å². The first-order valence-corrected chi connectivity index (χ1v) is 8.24.